The molecular weight excluding hydrogens is 238 g/mol. The fourth-order valence-electron chi connectivity index (χ4n) is 1.77. The number of phenolic OH excluding ortho intramolecular Hbond substituents is 1. The zero-order valence-corrected chi connectivity index (χ0v) is 10.2. The third-order valence-electron chi connectivity index (χ3n) is 2.80. The summed E-state index contributed by atoms with van der Waals surface area (Å²) in [4.78, 5) is 11.8. The summed E-state index contributed by atoms with van der Waals surface area (Å²) in [5.74, 6) is -6.55. The molecule has 0 fully saturated rings. The third kappa shape index (κ3) is 2.75. The number of carbonyl (C=O) groups is 1. The maximum absolute atomic E-state index is 14.0. The van der Waals surface area contributed by atoms with Crippen molar-refractivity contribution >= 4 is 5.78 Å². The van der Waals surface area contributed by atoms with E-state index in [2.05, 4.69) is 6.58 Å². The first kappa shape index (κ1) is 14.4. The van der Waals surface area contributed by atoms with Gasteiger partial charge in [0.25, 0.3) is 0 Å². The van der Waals surface area contributed by atoms with Crippen LogP contribution in [0.3, 0.4) is 0 Å². The topological polar surface area (TPSA) is 37.3 Å². The molecule has 1 aromatic rings. The van der Waals surface area contributed by atoms with Crippen LogP contribution in [0.4, 0.5) is 8.78 Å². The van der Waals surface area contributed by atoms with E-state index < -0.39 is 23.4 Å². The van der Waals surface area contributed by atoms with Gasteiger partial charge in [-0.1, -0.05) is 31.6 Å². The Kier molecular flexibility index (Phi) is 4.59. The molecule has 4 heteroatoms. The fraction of sp³-hybridized carbons (Fsp3) is 0.357. The van der Waals surface area contributed by atoms with Gasteiger partial charge in [0.05, 0.1) is 5.56 Å². The van der Waals surface area contributed by atoms with Gasteiger partial charge in [-0.3, -0.25) is 4.79 Å². The van der Waals surface area contributed by atoms with Crippen LogP contribution in [0.2, 0.25) is 0 Å². The van der Waals surface area contributed by atoms with E-state index in [1.54, 1.807) is 6.92 Å². The summed E-state index contributed by atoms with van der Waals surface area (Å²) in [5, 5.41) is 9.45. The molecule has 1 N–H and O–H groups in total. The lowest BCUT2D eigenvalue weighted by atomic mass is 9.90. The Balaban J connectivity index is 3.08. The Morgan fingerprint density at radius 2 is 2.11 bits per heavy atom. The van der Waals surface area contributed by atoms with E-state index >= 15 is 0 Å². The van der Waals surface area contributed by atoms with Crippen LogP contribution in [0, 0.1) is 5.92 Å². The average molecular weight is 254 g/mol. The van der Waals surface area contributed by atoms with Gasteiger partial charge in [-0.05, 0) is 18.6 Å². The normalized spacial score (nSPS) is 13.1. The van der Waals surface area contributed by atoms with Crippen LogP contribution in [-0.4, -0.2) is 16.8 Å². The van der Waals surface area contributed by atoms with E-state index in [0.717, 1.165) is 6.08 Å². The predicted octanol–water partition coefficient (Wildman–Crippen LogP) is 3.81. The Hall–Kier alpha value is -1.71. The highest BCUT2D eigenvalue weighted by molar-refractivity contribution is 6.03. The molecule has 18 heavy (non-hydrogen) atoms. The van der Waals surface area contributed by atoms with Crippen molar-refractivity contribution in [1.29, 1.82) is 0 Å². The zero-order valence-electron chi connectivity index (χ0n) is 10.2. The lowest BCUT2D eigenvalue weighted by Gasteiger charge is -2.22. The fourth-order valence-corrected chi connectivity index (χ4v) is 1.77. The maximum Gasteiger partial charge on any atom is 0.315 e. The van der Waals surface area contributed by atoms with Crippen molar-refractivity contribution in [1.82, 2.24) is 0 Å². The van der Waals surface area contributed by atoms with E-state index in [0.29, 0.717) is 6.42 Å². The summed E-state index contributed by atoms with van der Waals surface area (Å²) in [6, 6.07) is 5.32. The number of alkyl halides is 2. The third-order valence-corrected chi connectivity index (χ3v) is 2.80. The van der Waals surface area contributed by atoms with Crippen molar-refractivity contribution in [3.8, 4) is 5.75 Å². The van der Waals surface area contributed by atoms with Crippen molar-refractivity contribution < 1.29 is 18.7 Å². The molecule has 98 valence electrons. The lowest BCUT2D eigenvalue weighted by molar-refractivity contribution is -0.0196. The second-order valence-electron chi connectivity index (χ2n) is 4.10. The monoisotopic (exact) mass is 254 g/mol. The first-order valence-electron chi connectivity index (χ1n) is 5.78. The molecule has 0 aliphatic carbocycles. The number of Topliss-reactive ketones (excluding diaryl/α,β-unsaturated/α-hetero) is 1. The molecular formula is C14H16F2O2. The van der Waals surface area contributed by atoms with Gasteiger partial charge in [0.1, 0.15) is 5.75 Å². The van der Waals surface area contributed by atoms with Crippen molar-refractivity contribution in [3.63, 3.8) is 0 Å². The van der Waals surface area contributed by atoms with Crippen LogP contribution < -0.4 is 0 Å². The maximum atomic E-state index is 14.0. The van der Waals surface area contributed by atoms with Crippen molar-refractivity contribution in [2.75, 3.05) is 0 Å². The Bertz CT molecular complexity index is 441. The van der Waals surface area contributed by atoms with Crippen LogP contribution in [-0.2, 0) is 0 Å². The number of hydrogen-bond acceptors (Lipinski definition) is 2. The minimum atomic E-state index is -3.55. The minimum Gasteiger partial charge on any atom is -0.507 e. The number of phenols is 1. The molecule has 0 aliphatic rings. The smallest absolute Gasteiger partial charge is 0.315 e. The molecule has 0 spiro atoms. The molecule has 0 amide bonds. The highest BCUT2D eigenvalue weighted by Crippen LogP contribution is 2.34. The summed E-state index contributed by atoms with van der Waals surface area (Å²) in [6.07, 6.45) is 1.80. The molecule has 0 heterocycles. The second kappa shape index (κ2) is 5.76. The molecule has 0 aromatic heterocycles. The largest absolute Gasteiger partial charge is 0.507 e. The molecule has 0 unspecified atom stereocenters. The highest BCUT2D eigenvalue weighted by Gasteiger charge is 2.46. The predicted molar refractivity (Wildman–Crippen MR) is 66.0 cm³/mol. The van der Waals surface area contributed by atoms with Gasteiger partial charge in [0.2, 0.25) is 5.78 Å². The summed E-state index contributed by atoms with van der Waals surface area (Å²) in [6.45, 7) is 5.11. The highest BCUT2D eigenvalue weighted by atomic mass is 19.3. The molecule has 0 radical (unpaired) electrons. The van der Waals surface area contributed by atoms with Gasteiger partial charge in [-0.25, -0.2) is 0 Å². The van der Waals surface area contributed by atoms with Gasteiger partial charge in [0.15, 0.2) is 0 Å². The zero-order chi connectivity index (χ0) is 13.8. The van der Waals surface area contributed by atoms with Crippen LogP contribution in [0.1, 0.15) is 30.1 Å². The van der Waals surface area contributed by atoms with E-state index in [1.807, 2.05) is 0 Å². The lowest BCUT2D eigenvalue weighted by Crippen LogP contribution is -2.36. The molecule has 1 aromatic carbocycles. The van der Waals surface area contributed by atoms with Crippen molar-refractivity contribution in [2.24, 2.45) is 5.92 Å². The summed E-state index contributed by atoms with van der Waals surface area (Å²) in [5.41, 5.74) is -0.356. The van der Waals surface area contributed by atoms with Crippen LogP contribution in [0.5, 0.6) is 5.75 Å². The molecule has 0 saturated heterocycles. The quantitative estimate of drug-likeness (QED) is 0.619. The van der Waals surface area contributed by atoms with Gasteiger partial charge < -0.3 is 5.11 Å². The number of aromatic hydroxyl groups is 1. The number of allylic oxidation sites excluding steroid dienone is 1. The standard InChI is InChI=1S/C14H16F2O2/c1-3-7-10(4-2)14(15,16)13(18)11-8-5-6-9-12(11)17/h4-6,8-10,17H,2-3,7H2,1H3/t10-/m1/s1. The van der Waals surface area contributed by atoms with Crippen LogP contribution in [0.15, 0.2) is 36.9 Å². The van der Waals surface area contributed by atoms with Crippen molar-refractivity contribution in [2.45, 2.75) is 25.7 Å². The Morgan fingerprint density at radius 3 is 2.61 bits per heavy atom. The number of hydrogen-bond donors (Lipinski definition) is 1. The molecule has 1 atom stereocenters. The number of rotatable bonds is 6. The van der Waals surface area contributed by atoms with E-state index in [1.165, 1.54) is 24.3 Å². The average Bonchev–Trinajstić information content (AvgIpc) is 2.35. The van der Waals surface area contributed by atoms with Gasteiger partial charge in [-0.15, -0.1) is 6.58 Å². The summed E-state index contributed by atoms with van der Waals surface area (Å²) < 4.78 is 28.0. The van der Waals surface area contributed by atoms with Gasteiger partial charge >= 0.3 is 5.92 Å². The number of para-hydroxylation sites is 1. The number of benzene rings is 1. The van der Waals surface area contributed by atoms with Gasteiger partial charge in [-0.2, -0.15) is 8.78 Å². The number of halogens is 2. The van der Waals surface area contributed by atoms with Crippen LogP contribution >= 0.6 is 0 Å². The van der Waals surface area contributed by atoms with Crippen LogP contribution in [0.25, 0.3) is 0 Å². The summed E-state index contributed by atoms with van der Waals surface area (Å²) >= 11 is 0. The van der Waals surface area contributed by atoms with Crippen molar-refractivity contribution in [3.05, 3.63) is 42.5 Å². The Labute approximate surface area is 105 Å². The SMILES string of the molecule is C=C[C@H](CCC)C(F)(F)C(=O)c1ccccc1O. The number of ketones is 1. The molecule has 0 saturated carbocycles. The molecule has 0 aliphatic heterocycles. The first-order chi connectivity index (χ1) is 8.45. The molecule has 2 nitrogen and oxygen atoms in total. The van der Waals surface area contributed by atoms with E-state index in [9.17, 15) is 18.7 Å². The van der Waals surface area contributed by atoms with E-state index in [4.69, 9.17) is 0 Å². The molecule has 0 bridgehead atoms. The second-order valence-corrected chi connectivity index (χ2v) is 4.10. The molecule has 1 rings (SSSR count). The first-order valence-corrected chi connectivity index (χ1v) is 5.78. The Morgan fingerprint density at radius 1 is 1.50 bits per heavy atom. The number of carbonyl (C=O) groups excluding carboxylic acids is 1. The minimum absolute atomic E-state index is 0.176. The van der Waals surface area contributed by atoms with E-state index in [-0.39, 0.29) is 12.0 Å². The van der Waals surface area contributed by atoms with Gasteiger partial charge in [0, 0.05) is 5.92 Å². The summed E-state index contributed by atoms with van der Waals surface area (Å²) in [7, 11) is 0.